The summed E-state index contributed by atoms with van der Waals surface area (Å²) in [5.41, 5.74) is 3.33. The van der Waals surface area contributed by atoms with Crippen LogP contribution in [0.1, 0.15) is 27.9 Å². The van der Waals surface area contributed by atoms with Gasteiger partial charge < -0.3 is 14.8 Å². The summed E-state index contributed by atoms with van der Waals surface area (Å²) < 4.78 is 10.8. The molecule has 0 saturated carbocycles. The van der Waals surface area contributed by atoms with Crippen molar-refractivity contribution in [1.82, 2.24) is 0 Å². The number of hydrogen-bond donors (Lipinski definition) is 1. The van der Waals surface area contributed by atoms with E-state index in [1.165, 1.54) is 0 Å². The quantitative estimate of drug-likeness (QED) is 0.677. The van der Waals surface area contributed by atoms with Crippen molar-refractivity contribution >= 4 is 17.6 Å². The molecule has 0 radical (unpaired) electrons. The molecule has 1 N–H and O–H groups in total. The number of esters is 1. The number of anilines is 1. The Labute approximate surface area is 140 Å². The Balaban J connectivity index is 1.51. The third-order valence-electron chi connectivity index (χ3n) is 3.81. The van der Waals surface area contributed by atoms with E-state index in [9.17, 15) is 9.59 Å². The monoisotopic (exact) mass is 325 g/mol. The molecule has 124 valence electrons. The molecule has 0 spiro atoms. The lowest BCUT2D eigenvalue weighted by atomic mass is 10.0. The first-order valence-electron chi connectivity index (χ1n) is 7.91. The Bertz CT molecular complexity index is 770. The van der Waals surface area contributed by atoms with Gasteiger partial charge in [0.15, 0.2) is 0 Å². The lowest BCUT2D eigenvalue weighted by Crippen LogP contribution is -2.19. The van der Waals surface area contributed by atoms with Crippen LogP contribution in [0.2, 0.25) is 0 Å². The fourth-order valence-corrected chi connectivity index (χ4v) is 2.59. The number of fused-ring (bicyclic) bond motifs is 1. The topological polar surface area (TPSA) is 64.6 Å². The van der Waals surface area contributed by atoms with E-state index in [4.69, 9.17) is 9.47 Å². The molecule has 3 rings (SSSR count). The zero-order valence-electron chi connectivity index (χ0n) is 13.5. The van der Waals surface area contributed by atoms with Crippen molar-refractivity contribution < 1.29 is 19.1 Å². The Morgan fingerprint density at radius 3 is 2.83 bits per heavy atom. The molecule has 24 heavy (non-hydrogen) atoms. The number of aryl methyl sites for hydroxylation is 2. The van der Waals surface area contributed by atoms with Gasteiger partial charge in [0.05, 0.1) is 5.56 Å². The highest BCUT2D eigenvalue weighted by Gasteiger charge is 2.17. The normalized spacial score (nSPS) is 13.0. The molecule has 2 aromatic rings. The van der Waals surface area contributed by atoms with Crippen molar-refractivity contribution in [2.75, 3.05) is 18.5 Å². The van der Waals surface area contributed by atoms with E-state index in [0.717, 1.165) is 22.6 Å². The largest absolute Gasteiger partial charge is 0.490 e. The molecule has 2 aromatic carbocycles. The molecule has 1 aliphatic rings. The van der Waals surface area contributed by atoms with Gasteiger partial charge in [-0.25, -0.2) is 4.79 Å². The summed E-state index contributed by atoms with van der Waals surface area (Å²) in [5.74, 6) is 0.379. The third-order valence-corrected chi connectivity index (χ3v) is 3.81. The molecule has 0 atom stereocenters. The Morgan fingerprint density at radius 2 is 2.00 bits per heavy atom. The van der Waals surface area contributed by atoms with Gasteiger partial charge in [-0.05, 0) is 54.8 Å². The molecule has 1 aliphatic heterocycles. The lowest BCUT2D eigenvalue weighted by molar-refractivity contribution is -0.116. The second-order valence-electron chi connectivity index (χ2n) is 5.72. The minimum Gasteiger partial charge on any atom is -0.490 e. The van der Waals surface area contributed by atoms with Gasteiger partial charge in [0.1, 0.15) is 19.0 Å². The van der Waals surface area contributed by atoms with E-state index in [0.29, 0.717) is 25.0 Å². The molecule has 0 aromatic heterocycles. The number of amides is 1. The third kappa shape index (κ3) is 3.93. The van der Waals surface area contributed by atoms with Gasteiger partial charge in [0, 0.05) is 12.1 Å². The van der Waals surface area contributed by atoms with E-state index in [1.807, 2.05) is 31.2 Å². The van der Waals surface area contributed by atoms with E-state index in [-0.39, 0.29) is 18.5 Å². The Morgan fingerprint density at radius 1 is 1.12 bits per heavy atom. The first-order chi connectivity index (χ1) is 11.6. The molecular weight excluding hydrogens is 306 g/mol. The van der Waals surface area contributed by atoms with Crippen molar-refractivity contribution in [3.8, 4) is 5.75 Å². The van der Waals surface area contributed by atoms with Crippen LogP contribution >= 0.6 is 0 Å². The molecular formula is C19H19NO4. The number of benzene rings is 2. The van der Waals surface area contributed by atoms with Crippen LogP contribution in [0.25, 0.3) is 0 Å². The van der Waals surface area contributed by atoms with E-state index >= 15 is 0 Å². The summed E-state index contributed by atoms with van der Waals surface area (Å²) in [5, 5.41) is 2.79. The minimum absolute atomic E-state index is 0.00567. The van der Waals surface area contributed by atoms with Crippen LogP contribution in [0.15, 0.2) is 42.5 Å². The van der Waals surface area contributed by atoms with Crippen molar-refractivity contribution in [3.63, 3.8) is 0 Å². The Hall–Kier alpha value is -2.82. The molecule has 1 heterocycles. The maximum atomic E-state index is 12.1. The zero-order chi connectivity index (χ0) is 16.9. The predicted molar refractivity (Wildman–Crippen MR) is 90.3 cm³/mol. The molecule has 5 nitrogen and oxygen atoms in total. The number of ether oxygens (including phenoxy) is 2. The summed E-state index contributed by atoms with van der Waals surface area (Å²) >= 11 is 0. The van der Waals surface area contributed by atoms with E-state index in [1.54, 1.807) is 18.2 Å². The maximum Gasteiger partial charge on any atom is 0.338 e. The minimum atomic E-state index is -0.387. The van der Waals surface area contributed by atoms with Crippen molar-refractivity contribution in [3.05, 3.63) is 59.2 Å². The van der Waals surface area contributed by atoms with Gasteiger partial charge in [0.2, 0.25) is 5.91 Å². The van der Waals surface area contributed by atoms with Crippen LogP contribution in [0.4, 0.5) is 5.69 Å². The molecule has 0 fully saturated rings. The fourth-order valence-electron chi connectivity index (χ4n) is 2.59. The number of rotatable bonds is 5. The summed E-state index contributed by atoms with van der Waals surface area (Å²) in [4.78, 5) is 23.4. The van der Waals surface area contributed by atoms with Crippen molar-refractivity contribution in [2.24, 2.45) is 0 Å². The SMILES string of the molecule is Cc1cccc(OCCOC(=O)c2ccc3c(c2)CCC(=O)N3)c1. The van der Waals surface area contributed by atoms with Gasteiger partial charge >= 0.3 is 5.97 Å². The molecule has 0 bridgehead atoms. The number of carbonyl (C=O) groups excluding carboxylic acids is 2. The number of nitrogens with one attached hydrogen (secondary N) is 1. The average Bonchev–Trinajstić information content (AvgIpc) is 2.58. The molecule has 0 aliphatic carbocycles. The Kier molecular flexibility index (Phi) is 4.79. The van der Waals surface area contributed by atoms with Crippen molar-refractivity contribution in [2.45, 2.75) is 19.8 Å². The predicted octanol–water partition coefficient (Wildman–Crippen LogP) is 3.12. The van der Waals surface area contributed by atoms with Gasteiger partial charge in [-0.15, -0.1) is 0 Å². The summed E-state index contributed by atoms with van der Waals surface area (Å²) in [6.07, 6.45) is 1.08. The molecule has 0 saturated heterocycles. The summed E-state index contributed by atoms with van der Waals surface area (Å²) in [7, 11) is 0. The first-order valence-corrected chi connectivity index (χ1v) is 7.91. The highest BCUT2D eigenvalue weighted by Crippen LogP contribution is 2.23. The highest BCUT2D eigenvalue weighted by atomic mass is 16.6. The maximum absolute atomic E-state index is 12.1. The van der Waals surface area contributed by atoms with Crippen LogP contribution in [0.3, 0.4) is 0 Å². The first kappa shape index (κ1) is 16.1. The standard InChI is InChI=1S/C19H19NO4/c1-13-3-2-4-16(11-13)23-9-10-24-19(22)15-5-7-17-14(12-15)6-8-18(21)20-17/h2-5,7,11-12H,6,8-10H2,1H3,(H,20,21). The number of hydrogen-bond acceptors (Lipinski definition) is 4. The van der Waals surface area contributed by atoms with E-state index < -0.39 is 0 Å². The van der Waals surface area contributed by atoms with Crippen LogP contribution in [0, 0.1) is 6.92 Å². The van der Waals surface area contributed by atoms with Gasteiger partial charge in [-0.3, -0.25) is 4.79 Å². The summed E-state index contributed by atoms with van der Waals surface area (Å²) in [6.45, 7) is 2.47. The average molecular weight is 325 g/mol. The van der Waals surface area contributed by atoms with Crippen LogP contribution in [-0.4, -0.2) is 25.1 Å². The zero-order valence-corrected chi connectivity index (χ0v) is 13.5. The fraction of sp³-hybridized carbons (Fsp3) is 0.263. The second kappa shape index (κ2) is 7.17. The summed E-state index contributed by atoms with van der Waals surface area (Å²) in [6, 6.07) is 12.9. The van der Waals surface area contributed by atoms with Gasteiger partial charge in [-0.1, -0.05) is 12.1 Å². The molecule has 5 heteroatoms. The molecule has 1 amide bonds. The van der Waals surface area contributed by atoms with Crippen molar-refractivity contribution in [1.29, 1.82) is 0 Å². The van der Waals surface area contributed by atoms with E-state index in [2.05, 4.69) is 5.32 Å². The van der Waals surface area contributed by atoms with Gasteiger partial charge in [0.25, 0.3) is 0 Å². The smallest absolute Gasteiger partial charge is 0.338 e. The molecule has 0 unspecified atom stereocenters. The second-order valence-corrected chi connectivity index (χ2v) is 5.72. The highest BCUT2D eigenvalue weighted by molar-refractivity contribution is 5.96. The lowest BCUT2D eigenvalue weighted by Gasteiger charge is -2.17. The van der Waals surface area contributed by atoms with Crippen LogP contribution < -0.4 is 10.1 Å². The van der Waals surface area contributed by atoms with Gasteiger partial charge in [-0.2, -0.15) is 0 Å². The van der Waals surface area contributed by atoms with Crippen LogP contribution in [-0.2, 0) is 16.0 Å². The number of carbonyl (C=O) groups is 2. The van der Waals surface area contributed by atoms with Crippen LogP contribution in [0.5, 0.6) is 5.75 Å².